The summed E-state index contributed by atoms with van der Waals surface area (Å²) in [6, 6.07) is 13.7. The summed E-state index contributed by atoms with van der Waals surface area (Å²) in [6.07, 6.45) is 9.01. The predicted octanol–water partition coefficient (Wildman–Crippen LogP) is 3.74. The van der Waals surface area contributed by atoms with Crippen molar-refractivity contribution in [3.05, 3.63) is 70.8 Å². The number of nitrogens with two attached hydrogens (primary N) is 1. The summed E-state index contributed by atoms with van der Waals surface area (Å²) in [5.74, 6) is 5.48. The molecule has 0 aliphatic carbocycles. The number of carbonyl (C=O) groups excluding carboxylic acids is 4. The van der Waals surface area contributed by atoms with E-state index in [1.165, 1.54) is 0 Å². The molecular weight excluding hydrogens is 504 g/mol. The highest BCUT2D eigenvalue weighted by Crippen LogP contribution is 2.29. The molecule has 1 fully saturated rings. The third-order valence-electron chi connectivity index (χ3n) is 7.52. The highest BCUT2D eigenvalue weighted by Gasteiger charge is 2.39. The van der Waals surface area contributed by atoms with Crippen molar-refractivity contribution >= 4 is 23.6 Å². The summed E-state index contributed by atoms with van der Waals surface area (Å²) >= 11 is 0. The molecule has 0 bridgehead atoms. The van der Waals surface area contributed by atoms with Crippen LogP contribution >= 0.6 is 0 Å². The summed E-state index contributed by atoms with van der Waals surface area (Å²) in [5, 5.41) is 5.27. The molecule has 210 valence electrons. The van der Waals surface area contributed by atoms with E-state index in [4.69, 9.17) is 5.73 Å². The van der Waals surface area contributed by atoms with Crippen molar-refractivity contribution in [3.63, 3.8) is 0 Å². The lowest BCUT2D eigenvalue weighted by molar-refractivity contribution is -0.137. The molecule has 2 aliphatic rings. The molecule has 2 heterocycles. The van der Waals surface area contributed by atoms with E-state index in [0.717, 1.165) is 68.1 Å². The van der Waals surface area contributed by atoms with Crippen molar-refractivity contribution < 1.29 is 19.2 Å². The average molecular weight is 543 g/mol. The van der Waals surface area contributed by atoms with Crippen LogP contribution in [0.3, 0.4) is 0 Å². The van der Waals surface area contributed by atoms with Gasteiger partial charge in [-0.05, 0) is 42.5 Å². The number of hydrogen-bond donors (Lipinski definition) is 3. The maximum absolute atomic E-state index is 12.9. The molecule has 2 aromatic carbocycles. The molecule has 1 unspecified atom stereocenters. The second-order valence-electron chi connectivity index (χ2n) is 10.4. The molecule has 8 heteroatoms. The van der Waals surface area contributed by atoms with Gasteiger partial charge in [0.25, 0.3) is 5.91 Å². The molecule has 0 saturated carbocycles. The van der Waals surface area contributed by atoms with Crippen LogP contribution in [-0.4, -0.2) is 41.1 Å². The number of imide groups is 1. The molecule has 2 atom stereocenters. The molecule has 4 N–H and O–H groups in total. The Kier molecular flexibility index (Phi) is 10.5. The molecule has 40 heavy (non-hydrogen) atoms. The summed E-state index contributed by atoms with van der Waals surface area (Å²) in [5.41, 5.74) is 9.12. The molecule has 8 nitrogen and oxygen atoms in total. The number of piperidine rings is 1. The summed E-state index contributed by atoms with van der Waals surface area (Å²) in [6.45, 7) is 0.990. The van der Waals surface area contributed by atoms with Crippen molar-refractivity contribution in [2.75, 3.05) is 6.54 Å². The second-order valence-corrected chi connectivity index (χ2v) is 10.4. The first-order chi connectivity index (χ1) is 19.5. The predicted molar refractivity (Wildman–Crippen MR) is 153 cm³/mol. The zero-order chi connectivity index (χ0) is 28.3. The zero-order valence-electron chi connectivity index (χ0n) is 22.9. The lowest BCUT2D eigenvalue weighted by Gasteiger charge is -2.29. The van der Waals surface area contributed by atoms with Crippen LogP contribution in [-0.2, 0) is 20.9 Å². The molecule has 0 radical (unpaired) electrons. The van der Waals surface area contributed by atoms with Crippen LogP contribution in [0.5, 0.6) is 0 Å². The van der Waals surface area contributed by atoms with E-state index in [0.29, 0.717) is 25.1 Å². The third-order valence-corrected chi connectivity index (χ3v) is 7.52. The number of benzene rings is 2. The fourth-order valence-electron chi connectivity index (χ4n) is 5.22. The largest absolute Gasteiger partial charge is 0.354 e. The fraction of sp³-hybridized carbons (Fsp3) is 0.438. The van der Waals surface area contributed by atoms with E-state index in [1.807, 2.05) is 42.5 Å². The second kappa shape index (κ2) is 14.4. The van der Waals surface area contributed by atoms with Crippen molar-refractivity contribution in [1.29, 1.82) is 0 Å². The quantitative estimate of drug-likeness (QED) is 0.214. The number of carbonyl (C=O) groups is 4. The van der Waals surface area contributed by atoms with E-state index >= 15 is 0 Å². The first kappa shape index (κ1) is 29.0. The minimum atomic E-state index is -0.623. The van der Waals surface area contributed by atoms with Gasteiger partial charge in [-0.2, -0.15) is 0 Å². The van der Waals surface area contributed by atoms with Crippen LogP contribution in [0.15, 0.2) is 48.5 Å². The van der Waals surface area contributed by atoms with E-state index in [9.17, 15) is 19.2 Å². The van der Waals surface area contributed by atoms with E-state index < -0.39 is 18.0 Å². The minimum Gasteiger partial charge on any atom is -0.354 e. The molecule has 4 amide bonds. The van der Waals surface area contributed by atoms with E-state index in [-0.39, 0.29) is 24.1 Å². The topological polar surface area (TPSA) is 122 Å². The highest BCUT2D eigenvalue weighted by atomic mass is 16.2. The Morgan fingerprint density at radius 2 is 1.70 bits per heavy atom. The molecule has 0 aromatic heterocycles. The number of fused-ring (bicyclic) bond motifs is 1. The molecular formula is C32H38N4O4. The van der Waals surface area contributed by atoms with Gasteiger partial charge < -0.3 is 16.0 Å². The molecule has 2 aliphatic heterocycles. The molecule has 4 rings (SSSR count). The first-order valence-electron chi connectivity index (χ1n) is 14.3. The normalized spacial score (nSPS) is 17.1. The number of nitrogens with zero attached hydrogens (tertiary/aromatic N) is 1. The monoisotopic (exact) mass is 542 g/mol. The van der Waals surface area contributed by atoms with Gasteiger partial charge >= 0.3 is 0 Å². The van der Waals surface area contributed by atoms with Gasteiger partial charge in [-0.3, -0.25) is 24.5 Å². The van der Waals surface area contributed by atoms with Crippen LogP contribution in [0.4, 0.5) is 0 Å². The van der Waals surface area contributed by atoms with Gasteiger partial charge in [-0.1, -0.05) is 80.3 Å². The number of nitrogens with one attached hydrogen (secondary N) is 2. The highest BCUT2D eigenvalue weighted by molar-refractivity contribution is 6.05. The van der Waals surface area contributed by atoms with E-state index in [2.05, 4.69) is 22.5 Å². The van der Waals surface area contributed by atoms with Crippen LogP contribution in [0.25, 0.3) is 0 Å². The number of hydrogen-bond acceptors (Lipinski definition) is 5. The maximum Gasteiger partial charge on any atom is 0.255 e. The van der Waals surface area contributed by atoms with Crippen molar-refractivity contribution in [3.8, 4) is 11.8 Å². The lowest BCUT2D eigenvalue weighted by Crippen LogP contribution is -2.52. The third kappa shape index (κ3) is 7.57. The van der Waals surface area contributed by atoms with Gasteiger partial charge in [0.15, 0.2) is 0 Å². The van der Waals surface area contributed by atoms with Crippen LogP contribution < -0.4 is 16.4 Å². The van der Waals surface area contributed by atoms with Crippen LogP contribution in [0, 0.1) is 11.8 Å². The standard InChI is InChI=1S/C32H38N4O4/c33-29(24-15-10-8-11-16-24)31(39)34-21-12-7-5-3-1-2-4-6-9-14-23-17-13-18-25-26(23)22-36(32(25)40)27-19-20-28(37)35-30(27)38/h8,10-11,13,15-18,27,29H,1-7,12,19-22,33H2,(H,34,39)(H,35,37,38)/t27?,29-/m0/s1. The van der Waals surface area contributed by atoms with E-state index in [1.54, 1.807) is 11.0 Å². The van der Waals surface area contributed by atoms with Gasteiger partial charge in [0.1, 0.15) is 12.1 Å². The average Bonchev–Trinajstić information content (AvgIpc) is 3.30. The van der Waals surface area contributed by atoms with Crippen LogP contribution in [0.1, 0.15) is 97.3 Å². The summed E-state index contributed by atoms with van der Waals surface area (Å²) in [7, 11) is 0. The van der Waals surface area contributed by atoms with Gasteiger partial charge in [-0.15, -0.1) is 0 Å². The smallest absolute Gasteiger partial charge is 0.255 e. The number of amides is 4. The lowest BCUT2D eigenvalue weighted by atomic mass is 10.0. The Labute approximate surface area is 236 Å². The Balaban J connectivity index is 1.09. The van der Waals surface area contributed by atoms with Crippen molar-refractivity contribution in [2.45, 2.75) is 82.8 Å². The zero-order valence-corrected chi connectivity index (χ0v) is 22.9. The Morgan fingerprint density at radius 3 is 2.45 bits per heavy atom. The van der Waals surface area contributed by atoms with Crippen LogP contribution in [0.2, 0.25) is 0 Å². The minimum absolute atomic E-state index is 0.133. The fourth-order valence-corrected chi connectivity index (χ4v) is 5.22. The summed E-state index contributed by atoms with van der Waals surface area (Å²) in [4.78, 5) is 50.4. The summed E-state index contributed by atoms with van der Waals surface area (Å²) < 4.78 is 0. The van der Waals surface area contributed by atoms with Crippen molar-refractivity contribution in [2.24, 2.45) is 5.73 Å². The SMILES string of the molecule is N[C@H](C(=O)NCCCCCCCCCC#Cc1cccc2c1CN(C1CCC(=O)NC1=O)C2=O)c1ccccc1. The number of unbranched alkanes of at least 4 members (excludes halogenated alkanes) is 7. The maximum atomic E-state index is 12.9. The Morgan fingerprint density at radius 1 is 0.975 bits per heavy atom. The number of rotatable bonds is 12. The van der Waals surface area contributed by atoms with Crippen molar-refractivity contribution in [1.82, 2.24) is 15.5 Å². The Bertz CT molecular complexity index is 1280. The molecule has 1 saturated heterocycles. The van der Waals surface area contributed by atoms with Gasteiger partial charge in [-0.25, -0.2) is 0 Å². The Hall–Kier alpha value is -3.96. The van der Waals surface area contributed by atoms with Gasteiger partial charge in [0, 0.05) is 37.1 Å². The van der Waals surface area contributed by atoms with Gasteiger partial charge in [0.05, 0.1) is 0 Å². The molecule has 0 spiro atoms. The molecule has 2 aromatic rings. The van der Waals surface area contributed by atoms with Gasteiger partial charge in [0.2, 0.25) is 17.7 Å². The first-order valence-corrected chi connectivity index (χ1v) is 14.3.